The third-order valence-electron chi connectivity index (χ3n) is 3.20. The highest BCUT2D eigenvalue weighted by Gasteiger charge is 2.19. The van der Waals surface area contributed by atoms with Crippen molar-refractivity contribution in [1.29, 1.82) is 0 Å². The molecule has 2 heterocycles. The van der Waals surface area contributed by atoms with E-state index in [9.17, 15) is 4.39 Å². The van der Waals surface area contributed by atoms with Gasteiger partial charge in [0, 0.05) is 24.7 Å². The standard InChI is InChI=1S/C13H14FN3O/c14-9-3-4-10(12-8-13(15)16-18-12)11(7-9)17-5-1-2-6-17/h3-4,7-8H,1-2,5-6H2,(H2,15,16). The number of halogens is 1. The maximum Gasteiger partial charge on any atom is 0.171 e. The Balaban J connectivity index is 2.07. The second-order valence-corrected chi connectivity index (χ2v) is 4.47. The van der Waals surface area contributed by atoms with Crippen LogP contribution in [-0.4, -0.2) is 18.2 Å². The molecule has 1 aliphatic heterocycles. The number of nitrogens with zero attached hydrogens (tertiary/aromatic N) is 2. The minimum atomic E-state index is -0.242. The minimum absolute atomic E-state index is 0.242. The molecule has 0 spiro atoms. The Bertz CT molecular complexity index is 561. The molecule has 0 amide bonds. The van der Waals surface area contributed by atoms with Gasteiger partial charge in [0.2, 0.25) is 0 Å². The van der Waals surface area contributed by atoms with Crippen molar-refractivity contribution < 1.29 is 8.91 Å². The summed E-state index contributed by atoms with van der Waals surface area (Å²) in [5.74, 6) is 0.671. The Morgan fingerprint density at radius 2 is 2.00 bits per heavy atom. The van der Waals surface area contributed by atoms with Crippen LogP contribution in [0, 0.1) is 5.82 Å². The van der Waals surface area contributed by atoms with Crippen LogP contribution in [0.2, 0.25) is 0 Å². The van der Waals surface area contributed by atoms with Gasteiger partial charge in [-0.15, -0.1) is 0 Å². The third kappa shape index (κ3) is 1.92. The Kier molecular flexibility index (Phi) is 2.66. The van der Waals surface area contributed by atoms with Gasteiger partial charge in [-0.3, -0.25) is 0 Å². The first kappa shape index (κ1) is 11.1. The lowest BCUT2D eigenvalue weighted by Crippen LogP contribution is -2.18. The summed E-state index contributed by atoms with van der Waals surface area (Å²) in [7, 11) is 0. The van der Waals surface area contributed by atoms with Gasteiger partial charge in [-0.2, -0.15) is 0 Å². The van der Waals surface area contributed by atoms with E-state index in [0.29, 0.717) is 11.6 Å². The molecule has 0 saturated carbocycles. The Morgan fingerprint density at radius 1 is 1.22 bits per heavy atom. The molecule has 0 aliphatic carbocycles. The molecule has 1 aliphatic rings. The van der Waals surface area contributed by atoms with Crippen molar-refractivity contribution in [2.24, 2.45) is 0 Å². The zero-order chi connectivity index (χ0) is 12.5. The molecule has 18 heavy (non-hydrogen) atoms. The van der Waals surface area contributed by atoms with Crippen LogP contribution >= 0.6 is 0 Å². The van der Waals surface area contributed by atoms with Crippen molar-refractivity contribution in [3.8, 4) is 11.3 Å². The van der Waals surface area contributed by atoms with Gasteiger partial charge < -0.3 is 15.2 Å². The molecule has 2 N–H and O–H groups in total. The number of nitrogen functional groups attached to an aromatic ring is 1. The predicted molar refractivity (Wildman–Crippen MR) is 67.8 cm³/mol. The molecular weight excluding hydrogens is 233 g/mol. The third-order valence-corrected chi connectivity index (χ3v) is 3.20. The number of nitrogens with two attached hydrogens (primary N) is 1. The van der Waals surface area contributed by atoms with Gasteiger partial charge in [-0.05, 0) is 31.0 Å². The summed E-state index contributed by atoms with van der Waals surface area (Å²) in [4.78, 5) is 2.16. The number of rotatable bonds is 2. The Morgan fingerprint density at radius 3 is 2.67 bits per heavy atom. The number of anilines is 2. The molecular formula is C13H14FN3O. The van der Waals surface area contributed by atoms with Crippen molar-refractivity contribution in [3.05, 3.63) is 30.1 Å². The molecule has 4 nitrogen and oxygen atoms in total. The number of aromatic nitrogens is 1. The number of hydrogen-bond acceptors (Lipinski definition) is 4. The first-order chi connectivity index (χ1) is 8.74. The van der Waals surface area contributed by atoms with Crippen molar-refractivity contribution in [3.63, 3.8) is 0 Å². The van der Waals surface area contributed by atoms with Gasteiger partial charge in [0.1, 0.15) is 5.82 Å². The van der Waals surface area contributed by atoms with Gasteiger partial charge in [0.15, 0.2) is 11.6 Å². The molecule has 1 fully saturated rings. The maximum absolute atomic E-state index is 13.4. The lowest BCUT2D eigenvalue weighted by atomic mass is 10.1. The van der Waals surface area contributed by atoms with E-state index in [2.05, 4.69) is 10.1 Å². The molecule has 0 atom stereocenters. The molecule has 0 bridgehead atoms. The quantitative estimate of drug-likeness (QED) is 0.886. The van der Waals surface area contributed by atoms with Gasteiger partial charge in [0.25, 0.3) is 0 Å². The molecule has 2 aromatic rings. The van der Waals surface area contributed by atoms with Crippen LogP contribution in [0.15, 0.2) is 28.8 Å². The smallest absolute Gasteiger partial charge is 0.171 e. The van der Waals surface area contributed by atoms with Crippen molar-refractivity contribution in [2.75, 3.05) is 23.7 Å². The molecule has 5 heteroatoms. The summed E-state index contributed by atoms with van der Waals surface area (Å²) in [5.41, 5.74) is 7.24. The van der Waals surface area contributed by atoms with Crippen molar-refractivity contribution >= 4 is 11.5 Å². The topological polar surface area (TPSA) is 55.3 Å². The molecule has 94 valence electrons. The fraction of sp³-hybridized carbons (Fsp3) is 0.308. The summed E-state index contributed by atoms with van der Waals surface area (Å²) in [6.07, 6.45) is 2.27. The Hall–Kier alpha value is -2.04. The van der Waals surface area contributed by atoms with Crippen LogP contribution in [-0.2, 0) is 0 Å². The van der Waals surface area contributed by atoms with Crippen LogP contribution in [0.1, 0.15) is 12.8 Å². The van der Waals surface area contributed by atoms with E-state index in [1.807, 2.05) is 0 Å². The van der Waals surface area contributed by atoms with Crippen LogP contribution in [0.3, 0.4) is 0 Å². The Labute approximate surface area is 104 Å². The number of hydrogen-bond donors (Lipinski definition) is 1. The fourth-order valence-electron chi connectivity index (χ4n) is 2.35. The van der Waals surface area contributed by atoms with Crippen LogP contribution in [0.5, 0.6) is 0 Å². The van der Waals surface area contributed by atoms with Gasteiger partial charge >= 0.3 is 0 Å². The monoisotopic (exact) mass is 247 g/mol. The summed E-state index contributed by atoms with van der Waals surface area (Å²) >= 11 is 0. The van der Waals surface area contributed by atoms with E-state index in [1.54, 1.807) is 18.2 Å². The lowest BCUT2D eigenvalue weighted by Gasteiger charge is -2.20. The average molecular weight is 247 g/mol. The molecule has 1 aromatic carbocycles. The summed E-state index contributed by atoms with van der Waals surface area (Å²) in [6.45, 7) is 1.89. The fourth-order valence-corrected chi connectivity index (χ4v) is 2.35. The summed E-state index contributed by atoms with van der Waals surface area (Å²) < 4.78 is 18.6. The maximum atomic E-state index is 13.4. The van der Waals surface area contributed by atoms with E-state index in [1.165, 1.54) is 6.07 Å². The van der Waals surface area contributed by atoms with Crippen molar-refractivity contribution in [2.45, 2.75) is 12.8 Å². The predicted octanol–water partition coefficient (Wildman–Crippen LogP) is 2.66. The molecule has 3 rings (SSSR count). The zero-order valence-corrected chi connectivity index (χ0v) is 9.90. The highest BCUT2D eigenvalue weighted by atomic mass is 19.1. The second-order valence-electron chi connectivity index (χ2n) is 4.47. The van der Waals surface area contributed by atoms with Gasteiger partial charge in [0.05, 0.1) is 5.69 Å². The van der Waals surface area contributed by atoms with Gasteiger partial charge in [-0.1, -0.05) is 5.16 Å². The lowest BCUT2D eigenvalue weighted by molar-refractivity contribution is 0.436. The van der Waals surface area contributed by atoms with Crippen LogP contribution in [0.4, 0.5) is 15.9 Å². The van der Waals surface area contributed by atoms with Crippen LogP contribution in [0.25, 0.3) is 11.3 Å². The average Bonchev–Trinajstić information content (AvgIpc) is 2.99. The highest BCUT2D eigenvalue weighted by molar-refractivity contribution is 5.76. The normalized spacial score (nSPS) is 15.3. The highest BCUT2D eigenvalue weighted by Crippen LogP contribution is 2.34. The summed E-state index contributed by atoms with van der Waals surface area (Å²) in [5, 5.41) is 3.67. The second kappa shape index (κ2) is 4.33. The summed E-state index contributed by atoms with van der Waals surface area (Å²) in [6, 6.07) is 6.34. The first-order valence-corrected chi connectivity index (χ1v) is 6.01. The first-order valence-electron chi connectivity index (χ1n) is 6.01. The molecule has 0 unspecified atom stereocenters. The zero-order valence-electron chi connectivity index (χ0n) is 9.90. The van der Waals surface area contributed by atoms with E-state index in [4.69, 9.17) is 10.3 Å². The van der Waals surface area contributed by atoms with Gasteiger partial charge in [-0.25, -0.2) is 4.39 Å². The molecule has 1 aromatic heterocycles. The van der Waals surface area contributed by atoms with E-state index in [0.717, 1.165) is 37.2 Å². The van der Waals surface area contributed by atoms with E-state index < -0.39 is 0 Å². The van der Waals surface area contributed by atoms with E-state index >= 15 is 0 Å². The van der Waals surface area contributed by atoms with E-state index in [-0.39, 0.29) is 5.82 Å². The number of benzene rings is 1. The largest absolute Gasteiger partial charge is 0.381 e. The molecule has 0 radical (unpaired) electrons. The molecule has 1 saturated heterocycles. The minimum Gasteiger partial charge on any atom is -0.381 e. The SMILES string of the molecule is Nc1cc(-c2ccc(F)cc2N2CCCC2)on1. The van der Waals surface area contributed by atoms with Crippen molar-refractivity contribution in [1.82, 2.24) is 5.16 Å². The van der Waals surface area contributed by atoms with Crippen LogP contribution < -0.4 is 10.6 Å².